The third-order valence-corrected chi connectivity index (χ3v) is 6.45. The van der Waals surface area contributed by atoms with E-state index in [1.165, 1.54) is 19.3 Å². The number of nitrogen functional groups attached to an aromatic ring is 1. The van der Waals surface area contributed by atoms with E-state index in [4.69, 9.17) is 5.73 Å². The lowest BCUT2D eigenvalue weighted by atomic mass is 10.0. The Morgan fingerprint density at radius 3 is 2.67 bits per heavy atom. The molecule has 5 nitrogen and oxygen atoms in total. The molecule has 3 aliphatic carbocycles. The van der Waals surface area contributed by atoms with Crippen molar-refractivity contribution in [2.75, 3.05) is 5.73 Å². The molecule has 3 aliphatic rings. The topological polar surface area (TPSA) is 69.6 Å². The molecule has 0 aliphatic heterocycles. The summed E-state index contributed by atoms with van der Waals surface area (Å²) in [5.41, 5.74) is 7.71. The number of tetrazole rings is 1. The normalized spacial score (nSPS) is 36.0. The fourth-order valence-electron chi connectivity index (χ4n) is 4.87. The van der Waals surface area contributed by atoms with Gasteiger partial charge in [0.05, 0.1) is 6.04 Å². The average Bonchev–Trinajstić information content (AvgIpc) is 2.90. The van der Waals surface area contributed by atoms with E-state index in [0.29, 0.717) is 6.04 Å². The summed E-state index contributed by atoms with van der Waals surface area (Å²) < 4.78 is 2.97. The van der Waals surface area contributed by atoms with Gasteiger partial charge in [-0.15, -0.1) is 5.10 Å². The van der Waals surface area contributed by atoms with Crippen molar-refractivity contribution in [3.8, 4) is 11.4 Å². The van der Waals surface area contributed by atoms with E-state index >= 15 is 0 Å². The van der Waals surface area contributed by atoms with Gasteiger partial charge < -0.3 is 5.73 Å². The monoisotopic (exact) mass is 345 g/mol. The molecular formula is C15H16BrN5. The molecule has 6 heteroatoms. The molecule has 1 aromatic carbocycles. The van der Waals surface area contributed by atoms with Gasteiger partial charge in [0.15, 0.2) is 5.82 Å². The molecule has 5 rings (SSSR count). The molecule has 0 amide bonds. The maximum Gasteiger partial charge on any atom is 0.182 e. The van der Waals surface area contributed by atoms with Crippen LogP contribution >= 0.6 is 15.9 Å². The number of nitrogens with zero attached hydrogens (tertiary/aromatic N) is 4. The highest BCUT2D eigenvalue weighted by Crippen LogP contribution is 2.71. The van der Waals surface area contributed by atoms with Gasteiger partial charge in [-0.2, -0.15) is 0 Å². The zero-order valence-corrected chi connectivity index (χ0v) is 13.1. The number of nitrogens with two attached hydrogens (primary N) is 1. The minimum Gasteiger partial charge on any atom is -0.398 e. The van der Waals surface area contributed by atoms with E-state index in [1.54, 1.807) is 0 Å². The molecule has 0 radical (unpaired) electrons. The van der Waals surface area contributed by atoms with E-state index in [0.717, 1.165) is 45.2 Å². The van der Waals surface area contributed by atoms with E-state index in [1.807, 2.05) is 18.2 Å². The van der Waals surface area contributed by atoms with Crippen LogP contribution in [0.5, 0.6) is 0 Å². The van der Waals surface area contributed by atoms with Crippen molar-refractivity contribution in [2.24, 2.45) is 23.7 Å². The SMILES string of the molecule is Nc1cc(-c2nnnn2C2C3C4CCC(C4)C32)ccc1Br. The second kappa shape index (κ2) is 4.06. The highest BCUT2D eigenvalue weighted by molar-refractivity contribution is 9.10. The molecule has 2 bridgehead atoms. The average molecular weight is 346 g/mol. The summed E-state index contributed by atoms with van der Waals surface area (Å²) >= 11 is 3.43. The van der Waals surface area contributed by atoms with Gasteiger partial charge in [-0.3, -0.25) is 0 Å². The Hall–Kier alpha value is -1.43. The lowest BCUT2D eigenvalue weighted by Gasteiger charge is -2.10. The van der Waals surface area contributed by atoms with Gasteiger partial charge in [0.1, 0.15) is 0 Å². The summed E-state index contributed by atoms with van der Waals surface area (Å²) in [6, 6.07) is 6.45. The number of hydrogen-bond donors (Lipinski definition) is 1. The van der Waals surface area contributed by atoms with E-state index in [2.05, 4.69) is 36.1 Å². The molecule has 1 heterocycles. The van der Waals surface area contributed by atoms with Crippen molar-refractivity contribution >= 4 is 21.6 Å². The molecule has 2 N–H and O–H groups in total. The van der Waals surface area contributed by atoms with Crippen LogP contribution in [0.15, 0.2) is 22.7 Å². The van der Waals surface area contributed by atoms with Crippen molar-refractivity contribution in [2.45, 2.75) is 25.3 Å². The Labute approximate surface area is 131 Å². The highest BCUT2D eigenvalue weighted by Gasteiger charge is 2.66. The number of hydrogen-bond acceptors (Lipinski definition) is 4. The van der Waals surface area contributed by atoms with Crippen LogP contribution in [0.3, 0.4) is 0 Å². The van der Waals surface area contributed by atoms with Gasteiger partial charge in [-0.05, 0) is 87.5 Å². The fraction of sp³-hybridized carbons (Fsp3) is 0.533. The predicted molar refractivity (Wildman–Crippen MR) is 82.2 cm³/mol. The minimum atomic E-state index is 0.520. The molecule has 0 spiro atoms. The molecule has 4 atom stereocenters. The molecule has 108 valence electrons. The van der Waals surface area contributed by atoms with Gasteiger partial charge in [0.2, 0.25) is 0 Å². The summed E-state index contributed by atoms with van der Waals surface area (Å²) in [6.45, 7) is 0. The number of fused-ring (bicyclic) bond motifs is 5. The first-order valence-electron chi connectivity index (χ1n) is 7.57. The van der Waals surface area contributed by atoms with Crippen LogP contribution in [0.25, 0.3) is 11.4 Å². The molecule has 1 aromatic heterocycles. The smallest absolute Gasteiger partial charge is 0.182 e. The lowest BCUT2D eigenvalue weighted by molar-refractivity contribution is 0.427. The third kappa shape index (κ3) is 1.59. The van der Waals surface area contributed by atoms with Gasteiger partial charge >= 0.3 is 0 Å². The quantitative estimate of drug-likeness (QED) is 0.849. The maximum atomic E-state index is 5.99. The molecule has 2 aromatic rings. The van der Waals surface area contributed by atoms with Crippen molar-refractivity contribution in [3.63, 3.8) is 0 Å². The Morgan fingerprint density at radius 1 is 1.19 bits per heavy atom. The molecule has 21 heavy (non-hydrogen) atoms. The zero-order chi connectivity index (χ0) is 14.1. The van der Waals surface area contributed by atoms with E-state index in [9.17, 15) is 0 Å². The van der Waals surface area contributed by atoms with E-state index < -0.39 is 0 Å². The molecule has 0 saturated heterocycles. The molecular weight excluding hydrogens is 330 g/mol. The van der Waals surface area contributed by atoms with Crippen LogP contribution < -0.4 is 5.73 Å². The van der Waals surface area contributed by atoms with Crippen LogP contribution in [0.4, 0.5) is 5.69 Å². The predicted octanol–water partition coefficient (Wildman–Crippen LogP) is 2.90. The lowest BCUT2D eigenvalue weighted by Crippen LogP contribution is -2.08. The largest absolute Gasteiger partial charge is 0.398 e. The van der Waals surface area contributed by atoms with Gasteiger partial charge in [0.25, 0.3) is 0 Å². The summed E-state index contributed by atoms with van der Waals surface area (Å²) in [5.74, 6) is 4.32. The Balaban J connectivity index is 1.53. The number of aromatic nitrogens is 4. The number of halogens is 1. The van der Waals surface area contributed by atoms with Gasteiger partial charge in [-0.25, -0.2) is 4.68 Å². The fourth-order valence-corrected chi connectivity index (χ4v) is 5.12. The van der Waals surface area contributed by atoms with E-state index in [-0.39, 0.29) is 0 Å². The standard InChI is InChI=1S/C15H16BrN5/c16-10-4-3-9(6-11(10)17)15-18-19-20-21(15)14-12-7-1-2-8(5-7)13(12)14/h3-4,6-8,12-14H,1-2,5,17H2. The van der Waals surface area contributed by atoms with Crippen LogP contribution in [0.1, 0.15) is 25.3 Å². The van der Waals surface area contributed by atoms with Crippen LogP contribution in [0, 0.1) is 23.7 Å². The summed E-state index contributed by atoms with van der Waals surface area (Å²) in [6.07, 6.45) is 4.25. The zero-order valence-electron chi connectivity index (χ0n) is 11.5. The Bertz CT molecular complexity index is 711. The van der Waals surface area contributed by atoms with Crippen molar-refractivity contribution in [1.82, 2.24) is 20.2 Å². The van der Waals surface area contributed by atoms with Crippen LogP contribution in [-0.2, 0) is 0 Å². The Kier molecular flexibility index (Phi) is 2.35. The molecule has 3 fully saturated rings. The first-order chi connectivity index (χ1) is 10.2. The summed E-state index contributed by atoms with van der Waals surface area (Å²) in [7, 11) is 0. The number of rotatable bonds is 2. The molecule has 3 saturated carbocycles. The highest BCUT2D eigenvalue weighted by atomic mass is 79.9. The van der Waals surface area contributed by atoms with Crippen molar-refractivity contribution in [3.05, 3.63) is 22.7 Å². The van der Waals surface area contributed by atoms with Crippen molar-refractivity contribution in [1.29, 1.82) is 0 Å². The number of anilines is 1. The van der Waals surface area contributed by atoms with Gasteiger partial charge in [0, 0.05) is 15.7 Å². The minimum absolute atomic E-state index is 0.520. The second-order valence-corrected chi connectivity index (χ2v) is 7.52. The van der Waals surface area contributed by atoms with Crippen LogP contribution in [0.2, 0.25) is 0 Å². The molecule has 4 unspecified atom stereocenters. The summed E-state index contributed by atoms with van der Waals surface area (Å²) in [5, 5.41) is 12.5. The first-order valence-corrected chi connectivity index (χ1v) is 8.36. The van der Waals surface area contributed by atoms with Gasteiger partial charge in [-0.1, -0.05) is 0 Å². The van der Waals surface area contributed by atoms with Crippen molar-refractivity contribution < 1.29 is 0 Å². The first kappa shape index (κ1) is 12.1. The third-order valence-electron chi connectivity index (χ3n) is 5.72. The maximum absolute atomic E-state index is 5.99. The summed E-state index contributed by atoms with van der Waals surface area (Å²) in [4.78, 5) is 0. The number of benzene rings is 1. The Morgan fingerprint density at radius 2 is 1.95 bits per heavy atom. The second-order valence-electron chi connectivity index (χ2n) is 6.66. The van der Waals surface area contributed by atoms with Crippen LogP contribution in [-0.4, -0.2) is 20.2 Å².